The van der Waals surface area contributed by atoms with Crippen molar-refractivity contribution in [3.8, 4) is 5.82 Å². The van der Waals surface area contributed by atoms with Gasteiger partial charge in [0.2, 0.25) is 5.91 Å². The quantitative estimate of drug-likeness (QED) is 0.845. The number of rotatable bonds is 3. The van der Waals surface area contributed by atoms with Gasteiger partial charge in [0.25, 0.3) is 0 Å². The average Bonchev–Trinajstić information content (AvgIpc) is 3.09. The first-order chi connectivity index (χ1) is 10.6. The van der Waals surface area contributed by atoms with Gasteiger partial charge < -0.3 is 9.80 Å². The first-order valence-electron chi connectivity index (χ1n) is 7.49. The second-order valence-corrected chi connectivity index (χ2v) is 5.67. The molecule has 0 bridgehead atoms. The Morgan fingerprint density at radius 1 is 1.14 bits per heavy atom. The van der Waals surface area contributed by atoms with E-state index in [0.717, 1.165) is 37.8 Å². The summed E-state index contributed by atoms with van der Waals surface area (Å²) < 4.78 is 1.85. The number of carbonyl (C=O) groups is 1. The van der Waals surface area contributed by atoms with Crippen molar-refractivity contribution in [2.24, 2.45) is 5.92 Å². The number of piperazine rings is 1. The van der Waals surface area contributed by atoms with Gasteiger partial charge in [-0.25, -0.2) is 15.0 Å². The van der Waals surface area contributed by atoms with Crippen molar-refractivity contribution in [2.45, 2.75) is 13.8 Å². The van der Waals surface area contributed by atoms with E-state index in [9.17, 15) is 4.79 Å². The SMILES string of the molecule is CC(C)C(=O)N1CCN(c2cc(-n3ccnc3)ncn2)CC1. The third kappa shape index (κ3) is 2.93. The van der Waals surface area contributed by atoms with Crippen LogP contribution in [0.25, 0.3) is 5.82 Å². The normalized spacial score (nSPS) is 15.4. The summed E-state index contributed by atoms with van der Waals surface area (Å²) in [6.45, 7) is 6.94. The molecule has 3 rings (SSSR count). The van der Waals surface area contributed by atoms with E-state index in [2.05, 4.69) is 19.9 Å². The highest BCUT2D eigenvalue weighted by atomic mass is 16.2. The van der Waals surface area contributed by atoms with Crippen LogP contribution < -0.4 is 4.90 Å². The van der Waals surface area contributed by atoms with Crippen molar-refractivity contribution in [2.75, 3.05) is 31.1 Å². The molecule has 0 aromatic carbocycles. The van der Waals surface area contributed by atoms with Gasteiger partial charge in [0.05, 0.1) is 0 Å². The monoisotopic (exact) mass is 300 g/mol. The zero-order chi connectivity index (χ0) is 15.5. The number of aromatic nitrogens is 4. The molecular weight excluding hydrogens is 280 g/mol. The van der Waals surface area contributed by atoms with Gasteiger partial charge in [-0.2, -0.15) is 0 Å². The van der Waals surface area contributed by atoms with Gasteiger partial charge in [-0.3, -0.25) is 9.36 Å². The zero-order valence-electron chi connectivity index (χ0n) is 12.9. The van der Waals surface area contributed by atoms with Crippen LogP contribution in [-0.4, -0.2) is 56.5 Å². The number of hydrogen-bond donors (Lipinski definition) is 0. The Balaban J connectivity index is 1.69. The topological polar surface area (TPSA) is 67.2 Å². The Morgan fingerprint density at radius 3 is 2.50 bits per heavy atom. The fraction of sp³-hybridized carbons (Fsp3) is 0.467. The van der Waals surface area contributed by atoms with Crippen LogP contribution in [0.5, 0.6) is 0 Å². The van der Waals surface area contributed by atoms with E-state index < -0.39 is 0 Å². The summed E-state index contributed by atoms with van der Waals surface area (Å²) in [6.07, 6.45) is 6.85. The number of carbonyl (C=O) groups excluding carboxylic acids is 1. The Hall–Kier alpha value is -2.44. The van der Waals surface area contributed by atoms with Crippen molar-refractivity contribution in [3.05, 3.63) is 31.1 Å². The highest BCUT2D eigenvalue weighted by molar-refractivity contribution is 5.78. The Morgan fingerprint density at radius 2 is 1.86 bits per heavy atom. The van der Waals surface area contributed by atoms with Crippen LogP contribution >= 0.6 is 0 Å². The highest BCUT2D eigenvalue weighted by Gasteiger charge is 2.23. The van der Waals surface area contributed by atoms with E-state index in [0.29, 0.717) is 0 Å². The van der Waals surface area contributed by atoms with Crippen molar-refractivity contribution in [1.29, 1.82) is 0 Å². The first-order valence-corrected chi connectivity index (χ1v) is 7.49. The molecule has 0 aliphatic carbocycles. The van der Waals surface area contributed by atoms with Crippen LogP contribution in [0.3, 0.4) is 0 Å². The first kappa shape index (κ1) is 14.5. The van der Waals surface area contributed by atoms with E-state index in [4.69, 9.17) is 0 Å². The molecule has 1 aliphatic heterocycles. The highest BCUT2D eigenvalue weighted by Crippen LogP contribution is 2.16. The van der Waals surface area contributed by atoms with E-state index in [1.807, 2.05) is 35.6 Å². The van der Waals surface area contributed by atoms with Gasteiger partial charge in [-0.05, 0) is 0 Å². The molecular formula is C15H20N6O. The summed E-state index contributed by atoms with van der Waals surface area (Å²) in [5.41, 5.74) is 0. The molecule has 22 heavy (non-hydrogen) atoms. The van der Waals surface area contributed by atoms with Crippen molar-refractivity contribution < 1.29 is 4.79 Å². The molecule has 0 radical (unpaired) electrons. The minimum atomic E-state index is 0.0541. The molecule has 2 aromatic heterocycles. The molecule has 0 atom stereocenters. The fourth-order valence-corrected chi connectivity index (χ4v) is 2.57. The number of hydrogen-bond acceptors (Lipinski definition) is 5. The largest absolute Gasteiger partial charge is 0.353 e. The number of nitrogens with zero attached hydrogens (tertiary/aromatic N) is 6. The molecule has 0 saturated carbocycles. The predicted octanol–water partition coefficient (Wildman–Crippen LogP) is 0.967. The summed E-state index contributed by atoms with van der Waals surface area (Å²) in [4.78, 5) is 28.8. The maximum Gasteiger partial charge on any atom is 0.225 e. The summed E-state index contributed by atoms with van der Waals surface area (Å²) in [7, 11) is 0. The molecule has 1 fully saturated rings. The second kappa shape index (κ2) is 6.13. The number of imidazole rings is 1. The standard InChI is InChI=1S/C15H20N6O/c1-12(2)15(22)20-7-5-19(6-8-20)13-9-14(18-10-17-13)21-4-3-16-11-21/h3-4,9-12H,5-8H2,1-2H3. The lowest BCUT2D eigenvalue weighted by molar-refractivity contribution is -0.134. The lowest BCUT2D eigenvalue weighted by Gasteiger charge is -2.36. The molecule has 0 unspecified atom stereocenters. The van der Waals surface area contributed by atoms with Crippen LogP contribution in [0.1, 0.15) is 13.8 Å². The van der Waals surface area contributed by atoms with Crippen LogP contribution in [0, 0.1) is 5.92 Å². The van der Waals surface area contributed by atoms with Gasteiger partial charge in [0.1, 0.15) is 24.3 Å². The Labute approximate surface area is 129 Å². The predicted molar refractivity (Wildman–Crippen MR) is 82.8 cm³/mol. The van der Waals surface area contributed by atoms with Gasteiger partial charge in [-0.1, -0.05) is 13.8 Å². The molecule has 1 aliphatic rings. The molecule has 7 heteroatoms. The van der Waals surface area contributed by atoms with Crippen LogP contribution in [-0.2, 0) is 4.79 Å². The minimum Gasteiger partial charge on any atom is -0.353 e. The molecule has 0 spiro atoms. The molecule has 1 amide bonds. The van der Waals surface area contributed by atoms with Gasteiger partial charge in [0.15, 0.2) is 0 Å². The Kier molecular flexibility index (Phi) is 4.04. The van der Waals surface area contributed by atoms with Crippen molar-refractivity contribution >= 4 is 11.7 Å². The van der Waals surface area contributed by atoms with Crippen molar-refractivity contribution in [3.63, 3.8) is 0 Å². The summed E-state index contributed by atoms with van der Waals surface area (Å²) in [6, 6.07) is 1.95. The lowest BCUT2D eigenvalue weighted by Crippen LogP contribution is -2.50. The van der Waals surface area contributed by atoms with Crippen LogP contribution in [0.15, 0.2) is 31.1 Å². The van der Waals surface area contributed by atoms with Crippen LogP contribution in [0.2, 0.25) is 0 Å². The Bertz CT molecular complexity index is 631. The molecule has 7 nitrogen and oxygen atoms in total. The van der Waals surface area contributed by atoms with Crippen LogP contribution in [0.4, 0.5) is 5.82 Å². The minimum absolute atomic E-state index is 0.0541. The molecule has 2 aromatic rings. The van der Waals surface area contributed by atoms with E-state index in [1.54, 1.807) is 18.9 Å². The number of anilines is 1. The van der Waals surface area contributed by atoms with E-state index in [1.165, 1.54) is 0 Å². The third-order valence-electron chi connectivity index (χ3n) is 3.82. The molecule has 116 valence electrons. The van der Waals surface area contributed by atoms with Gasteiger partial charge >= 0.3 is 0 Å². The molecule has 1 saturated heterocycles. The lowest BCUT2D eigenvalue weighted by atomic mass is 10.1. The summed E-state index contributed by atoms with van der Waals surface area (Å²) in [5, 5.41) is 0. The van der Waals surface area contributed by atoms with E-state index in [-0.39, 0.29) is 11.8 Å². The molecule has 0 N–H and O–H groups in total. The summed E-state index contributed by atoms with van der Waals surface area (Å²) in [5.74, 6) is 1.96. The maximum absolute atomic E-state index is 12.0. The van der Waals surface area contributed by atoms with Gasteiger partial charge in [-0.15, -0.1) is 0 Å². The fourth-order valence-electron chi connectivity index (χ4n) is 2.57. The molecule has 3 heterocycles. The van der Waals surface area contributed by atoms with E-state index >= 15 is 0 Å². The maximum atomic E-state index is 12.0. The van der Waals surface area contributed by atoms with Crippen molar-refractivity contribution in [1.82, 2.24) is 24.4 Å². The number of amides is 1. The van der Waals surface area contributed by atoms with Gasteiger partial charge in [0, 0.05) is 50.6 Å². The zero-order valence-corrected chi connectivity index (χ0v) is 12.9. The summed E-state index contributed by atoms with van der Waals surface area (Å²) >= 11 is 0. The second-order valence-electron chi connectivity index (χ2n) is 5.67. The third-order valence-corrected chi connectivity index (χ3v) is 3.82. The average molecular weight is 300 g/mol. The smallest absolute Gasteiger partial charge is 0.225 e.